The summed E-state index contributed by atoms with van der Waals surface area (Å²) in [5.41, 5.74) is -0.846. The van der Waals surface area contributed by atoms with Crippen LogP contribution in [0.4, 0.5) is 0 Å². The molecular formula is C11H18N2O2. The van der Waals surface area contributed by atoms with Crippen LogP contribution >= 0.6 is 0 Å². The van der Waals surface area contributed by atoms with E-state index >= 15 is 0 Å². The Morgan fingerprint density at radius 3 is 2.60 bits per heavy atom. The van der Waals surface area contributed by atoms with Gasteiger partial charge < -0.3 is 10.4 Å². The Bertz CT molecular complexity index is 264. The second kappa shape index (κ2) is 5.13. The van der Waals surface area contributed by atoms with Crippen LogP contribution in [0.15, 0.2) is 0 Å². The predicted octanol–water partition coefficient (Wildman–Crippen LogP) is 0.957. The standard InChI is InChI=1S/C11H18N2O2/c1-9(7-14)13-10(15)11(8-12)5-3-2-4-6-11/h9,14H,2-7H2,1H3,(H,13,15). The van der Waals surface area contributed by atoms with Crippen molar-refractivity contribution in [1.82, 2.24) is 5.32 Å². The molecule has 1 saturated carbocycles. The maximum Gasteiger partial charge on any atom is 0.240 e. The Balaban J connectivity index is 2.65. The number of hydrogen-bond acceptors (Lipinski definition) is 3. The van der Waals surface area contributed by atoms with E-state index in [0.29, 0.717) is 12.8 Å². The lowest BCUT2D eigenvalue weighted by molar-refractivity contribution is -0.130. The van der Waals surface area contributed by atoms with E-state index in [-0.39, 0.29) is 18.6 Å². The molecule has 84 valence electrons. The molecule has 0 radical (unpaired) electrons. The highest BCUT2D eigenvalue weighted by Crippen LogP contribution is 2.35. The molecule has 0 aromatic rings. The van der Waals surface area contributed by atoms with Crippen LogP contribution in [0, 0.1) is 16.7 Å². The van der Waals surface area contributed by atoms with Gasteiger partial charge in [0.2, 0.25) is 5.91 Å². The van der Waals surface area contributed by atoms with Crippen molar-refractivity contribution >= 4 is 5.91 Å². The van der Waals surface area contributed by atoms with Crippen molar-refractivity contribution in [3.8, 4) is 6.07 Å². The van der Waals surface area contributed by atoms with Crippen molar-refractivity contribution in [1.29, 1.82) is 5.26 Å². The molecule has 1 fully saturated rings. The fourth-order valence-corrected chi connectivity index (χ4v) is 1.95. The van der Waals surface area contributed by atoms with Crippen molar-refractivity contribution in [3.05, 3.63) is 0 Å². The fraction of sp³-hybridized carbons (Fsp3) is 0.818. The van der Waals surface area contributed by atoms with Crippen LogP contribution in [-0.2, 0) is 4.79 Å². The average molecular weight is 210 g/mol. The maximum atomic E-state index is 11.9. The Kier molecular flexibility index (Phi) is 4.10. The van der Waals surface area contributed by atoms with E-state index in [0.717, 1.165) is 19.3 Å². The summed E-state index contributed by atoms with van der Waals surface area (Å²) < 4.78 is 0. The Morgan fingerprint density at radius 1 is 1.53 bits per heavy atom. The molecule has 2 N–H and O–H groups in total. The number of aliphatic hydroxyl groups is 1. The quantitative estimate of drug-likeness (QED) is 0.728. The zero-order valence-electron chi connectivity index (χ0n) is 9.12. The SMILES string of the molecule is CC(CO)NC(=O)C1(C#N)CCCCC1. The normalized spacial score (nSPS) is 21.4. The van der Waals surface area contributed by atoms with Crippen molar-refractivity contribution in [2.75, 3.05) is 6.61 Å². The van der Waals surface area contributed by atoms with Gasteiger partial charge in [0.05, 0.1) is 12.7 Å². The van der Waals surface area contributed by atoms with E-state index in [1.54, 1.807) is 6.92 Å². The summed E-state index contributed by atoms with van der Waals surface area (Å²) >= 11 is 0. The van der Waals surface area contributed by atoms with Gasteiger partial charge >= 0.3 is 0 Å². The molecule has 1 unspecified atom stereocenters. The topological polar surface area (TPSA) is 73.1 Å². The van der Waals surface area contributed by atoms with Crippen molar-refractivity contribution < 1.29 is 9.90 Å². The zero-order valence-corrected chi connectivity index (χ0v) is 9.12. The zero-order chi connectivity index (χ0) is 11.3. The first-order valence-electron chi connectivity index (χ1n) is 5.48. The molecule has 0 aliphatic heterocycles. The monoisotopic (exact) mass is 210 g/mol. The Morgan fingerprint density at radius 2 is 2.13 bits per heavy atom. The van der Waals surface area contributed by atoms with Crippen LogP contribution in [-0.4, -0.2) is 23.7 Å². The van der Waals surface area contributed by atoms with Crippen molar-refractivity contribution in [3.63, 3.8) is 0 Å². The van der Waals surface area contributed by atoms with Crippen LogP contribution < -0.4 is 5.32 Å². The Labute approximate surface area is 90.3 Å². The van der Waals surface area contributed by atoms with Crippen LogP contribution in [0.2, 0.25) is 0 Å². The lowest BCUT2D eigenvalue weighted by Gasteiger charge is -2.30. The second-order valence-electron chi connectivity index (χ2n) is 4.31. The first-order chi connectivity index (χ1) is 7.14. The van der Waals surface area contributed by atoms with Gasteiger partial charge in [-0.2, -0.15) is 5.26 Å². The number of nitrogens with one attached hydrogen (secondary N) is 1. The van der Waals surface area contributed by atoms with Crippen LogP contribution in [0.25, 0.3) is 0 Å². The van der Waals surface area contributed by atoms with Gasteiger partial charge in [-0.15, -0.1) is 0 Å². The average Bonchev–Trinajstić information content (AvgIpc) is 2.29. The van der Waals surface area contributed by atoms with Gasteiger partial charge in [0.15, 0.2) is 0 Å². The molecule has 4 nitrogen and oxygen atoms in total. The number of hydrogen-bond donors (Lipinski definition) is 2. The van der Waals surface area contributed by atoms with Gasteiger partial charge in [-0.1, -0.05) is 19.3 Å². The minimum Gasteiger partial charge on any atom is -0.394 e. The molecule has 1 amide bonds. The molecule has 0 aromatic heterocycles. The molecule has 1 aliphatic rings. The number of nitrogens with zero attached hydrogens (tertiary/aromatic N) is 1. The highest BCUT2D eigenvalue weighted by molar-refractivity contribution is 5.85. The van der Waals surface area contributed by atoms with E-state index < -0.39 is 5.41 Å². The molecule has 0 aromatic carbocycles. The highest BCUT2D eigenvalue weighted by Gasteiger charge is 2.40. The minimum absolute atomic E-state index is 0.0900. The number of carbonyl (C=O) groups is 1. The molecule has 1 aliphatic carbocycles. The van der Waals surface area contributed by atoms with Gasteiger partial charge in [-0.05, 0) is 19.8 Å². The molecule has 1 rings (SSSR count). The minimum atomic E-state index is -0.846. The molecular weight excluding hydrogens is 192 g/mol. The fourth-order valence-electron chi connectivity index (χ4n) is 1.95. The van der Waals surface area contributed by atoms with E-state index in [2.05, 4.69) is 11.4 Å². The molecule has 0 bridgehead atoms. The molecule has 0 saturated heterocycles. The van der Waals surface area contributed by atoms with Gasteiger partial charge in [-0.25, -0.2) is 0 Å². The first kappa shape index (κ1) is 12.0. The first-order valence-corrected chi connectivity index (χ1v) is 5.48. The third-order valence-corrected chi connectivity index (χ3v) is 3.01. The van der Waals surface area contributed by atoms with Crippen LogP contribution in [0.5, 0.6) is 0 Å². The van der Waals surface area contributed by atoms with E-state index in [4.69, 9.17) is 10.4 Å². The van der Waals surface area contributed by atoms with Crippen LogP contribution in [0.1, 0.15) is 39.0 Å². The van der Waals surface area contributed by atoms with E-state index in [9.17, 15) is 4.79 Å². The number of nitriles is 1. The molecule has 0 heterocycles. The third-order valence-electron chi connectivity index (χ3n) is 3.01. The predicted molar refractivity (Wildman–Crippen MR) is 55.8 cm³/mol. The van der Waals surface area contributed by atoms with Gasteiger partial charge in [0.25, 0.3) is 0 Å². The summed E-state index contributed by atoms with van der Waals surface area (Å²) in [6, 6.07) is 1.88. The maximum absolute atomic E-state index is 11.9. The van der Waals surface area contributed by atoms with Gasteiger partial charge in [-0.3, -0.25) is 4.79 Å². The van der Waals surface area contributed by atoms with Crippen LogP contribution in [0.3, 0.4) is 0 Å². The number of aliphatic hydroxyl groups excluding tert-OH is 1. The second-order valence-corrected chi connectivity index (χ2v) is 4.31. The number of amides is 1. The largest absolute Gasteiger partial charge is 0.394 e. The molecule has 1 atom stereocenters. The number of carbonyl (C=O) groups excluding carboxylic acids is 1. The summed E-state index contributed by atoms with van der Waals surface area (Å²) in [6.07, 6.45) is 4.27. The summed E-state index contributed by atoms with van der Waals surface area (Å²) in [5.74, 6) is -0.216. The highest BCUT2D eigenvalue weighted by atomic mass is 16.3. The number of rotatable bonds is 3. The molecule has 15 heavy (non-hydrogen) atoms. The lowest BCUT2D eigenvalue weighted by atomic mass is 9.74. The van der Waals surface area contributed by atoms with Crippen molar-refractivity contribution in [2.24, 2.45) is 5.41 Å². The Hall–Kier alpha value is -1.08. The summed E-state index contributed by atoms with van der Waals surface area (Å²) in [4.78, 5) is 11.9. The van der Waals surface area contributed by atoms with Gasteiger partial charge in [0.1, 0.15) is 5.41 Å². The van der Waals surface area contributed by atoms with Crippen molar-refractivity contribution in [2.45, 2.75) is 45.1 Å². The molecule has 4 heteroatoms. The summed E-state index contributed by atoms with van der Waals surface area (Å²) in [6.45, 7) is 1.64. The van der Waals surface area contributed by atoms with Gasteiger partial charge in [0, 0.05) is 6.04 Å². The summed E-state index contributed by atoms with van der Waals surface area (Å²) in [7, 11) is 0. The molecule has 0 spiro atoms. The van der Waals surface area contributed by atoms with E-state index in [1.165, 1.54) is 0 Å². The third kappa shape index (κ3) is 2.69. The van der Waals surface area contributed by atoms with E-state index in [1.807, 2.05) is 0 Å². The smallest absolute Gasteiger partial charge is 0.240 e. The lowest BCUT2D eigenvalue weighted by Crippen LogP contribution is -2.46. The summed E-state index contributed by atoms with van der Waals surface area (Å²) in [5, 5.41) is 20.6.